The number of amides is 3. The van der Waals surface area contributed by atoms with Crippen molar-refractivity contribution in [2.75, 3.05) is 0 Å². The summed E-state index contributed by atoms with van der Waals surface area (Å²) in [7, 11) is 0. The average Bonchev–Trinajstić information content (AvgIpc) is 3.34. The Labute approximate surface area is 215 Å². The smallest absolute Gasteiger partial charge is 0.328 e. The van der Waals surface area contributed by atoms with Gasteiger partial charge in [0, 0.05) is 24.7 Å². The lowest BCUT2D eigenvalue weighted by molar-refractivity contribution is -0.145. The lowest BCUT2D eigenvalue weighted by Crippen LogP contribution is -2.59. The Balaban J connectivity index is 2.27. The first-order chi connectivity index (χ1) is 17.5. The van der Waals surface area contributed by atoms with Gasteiger partial charge in [0.25, 0.3) is 0 Å². The van der Waals surface area contributed by atoms with Gasteiger partial charge in [0.1, 0.15) is 12.1 Å². The molecule has 2 aromatic rings. The quantitative estimate of drug-likeness (QED) is 0.174. The van der Waals surface area contributed by atoms with Crippen molar-refractivity contribution in [1.82, 2.24) is 25.9 Å². The van der Waals surface area contributed by atoms with E-state index in [1.807, 2.05) is 13.8 Å². The van der Waals surface area contributed by atoms with Gasteiger partial charge >= 0.3 is 5.97 Å². The molecule has 1 aromatic heterocycles. The SMILES string of the molecule is CC(C)CC(N)C(=O)NC(Cc1cnc[nH]1)C(=O)NC(Cc1ccccc1)C(=O)NC(C(=O)O)C(C)O. The number of nitrogens with two attached hydrogens (primary N) is 1. The number of hydrogen-bond acceptors (Lipinski definition) is 7. The van der Waals surface area contributed by atoms with E-state index in [1.165, 1.54) is 19.4 Å². The molecular formula is C25H36N6O6. The van der Waals surface area contributed by atoms with Crippen LogP contribution in [0.5, 0.6) is 0 Å². The highest BCUT2D eigenvalue weighted by Crippen LogP contribution is 2.08. The molecule has 37 heavy (non-hydrogen) atoms. The van der Waals surface area contributed by atoms with Crippen molar-refractivity contribution < 1.29 is 29.4 Å². The van der Waals surface area contributed by atoms with Gasteiger partial charge in [-0.2, -0.15) is 0 Å². The maximum Gasteiger partial charge on any atom is 0.328 e. The van der Waals surface area contributed by atoms with E-state index in [9.17, 15) is 29.4 Å². The second kappa shape index (κ2) is 14.1. The molecule has 5 atom stereocenters. The Hall–Kier alpha value is -3.77. The Bertz CT molecular complexity index is 1030. The zero-order chi connectivity index (χ0) is 27.5. The van der Waals surface area contributed by atoms with Gasteiger partial charge in [-0.05, 0) is 24.8 Å². The normalized spacial score (nSPS) is 15.2. The van der Waals surface area contributed by atoms with Gasteiger partial charge in [-0.25, -0.2) is 9.78 Å². The van der Waals surface area contributed by atoms with E-state index in [1.54, 1.807) is 30.3 Å². The van der Waals surface area contributed by atoms with Gasteiger partial charge in [-0.3, -0.25) is 14.4 Å². The summed E-state index contributed by atoms with van der Waals surface area (Å²) >= 11 is 0. The molecule has 5 unspecified atom stereocenters. The number of carbonyl (C=O) groups excluding carboxylic acids is 3. The van der Waals surface area contributed by atoms with Gasteiger partial charge in [-0.1, -0.05) is 44.2 Å². The van der Waals surface area contributed by atoms with Crippen molar-refractivity contribution in [2.45, 2.75) is 70.3 Å². The third-order valence-corrected chi connectivity index (χ3v) is 5.64. The number of nitrogens with one attached hydrogen (secondary N) is 4. The molecule has 0 aliphatic carbocycles. The van der Waals surface area contributed by atoms with Crippen LogP contribution in [0.1, 0.15) is 38.4 Å². The maximum absolute atomic E-state index is 13.4. The molecule has 0 aliphatic rings. The van der Waals surface area contributed by atoms with Gasteiger partial charge < -0.3 is 36.9 Å². The predicted molar refractivity (Wildman–Crippen MR) is 135 cm³/mol. The highest BCUT2D eigenvalue weighted by molar-refractivity contribution is 5.94. The van der Waals surface area contributed by atoms with E-state index < -0.39 is 54.0 Å². The number of H-pyrrole nitrogens is 1. The van der Waals surface area contributed by atoms with E-state index in [0.717, 1.165) is 0 Å². The molecule has 0 aliphatic heterocycles. The van der Waals surface area contributed by atoms with Crippen LogP contribution in [-0.2, 0) is 32.0 Å². The fourth-order valence-electron chi connectivity index (χ4n) is 3.69. The van der Waals surface area contributed by atoms with Gasteiger partial charge in [0.15, 0.2) is 6.04 Å². The number of aliphatic hydroxyl groups is 1. The Morgan fingerprint density at radius 3 is 2.08 bits per heavy atom. The Morgan fingerprint density at radius 1 is 0.946 bits per heavy atom. The van der Waals surface area contributed by atoms with Gasteiger partial charge in [0.2, 0.25) is 17.7 Å². The second-order valence-electron chi connectivity index (χ2n) is 9.39. The number of aliphatic carboxylic acids is 1. The fourth-order valence-corrected chi connectivity index (χ4v) is 3.69. The summed E-state index contributed by atoms with van der Waals surface area (Å²) < 4.78 is 0. The summed E-state index contributed by atoms with van der Waals surface area (Å²) in [6, 6.07) is 4.14. The molecular weight excluding hydrogens is 480 g/mol. The van der Waals surface area contributed by atoms with Crippen molar-refractivity contribution in [1.29, 1.82) is 0 Å². The fraction of sp³-hybridized carbons (Fsp3) is 0.480. The number of carboxylic acid groups (broad SMARTS) is 1. The van der Waals surface area contributed by atoms with Crippen LogP contribution in [-0.4, -0.2) is 74.1 Å². The summed E-state index contributed by atoms with van der Waals surface area (Å²) in [5.74, 6) is -3.24. The number of benzene rings is 1. The summed E-state index contributed by atoms with van der Waals surface area (Å²) in [6.45, 7) is 5.08. The molecule has 0 spiro atoms. The number of carbonyl (C=O) groups is 4. The van der Waals surface area contributed by atoms with Crippen LogP contribution in [0.15, 0.2) is 42.9 Å². The number of imidazole rings is 1. The lowest BCUT2D eigenvalue weighted by Gasteiger charge is -2.26. The predicted octanol–water partition coefficient (Wildman–Crippen LogP) is -0.512. The van der Waals surface area contributed by atoms with E-state index in [4.69, 9.17) is 5.73 Å². The minimum absolute atomic E-state index is 0.0438. The number of aliphatic hydroxyl groups excluding tert-OH is 1. The lowest BCUT2D eigenvalue weighted by atomic mass is 10.0. The van der Waals surface area contributed by atoms with Crippen LogP contribution < -0.4 is 21.7 Å². The topological polar surface area (TPSA) is 200 Å². The molecule has 8 N–H and O–H groups in total. The number of nitrogens with zero attached hydrogens (tertiary/aromatic N) is 1. The van der Waals surface area contributed by atoms with E-state index in [-0.39, 0.29) is 18.8 Å². The van der Waals surface area contributed by atoms with E-state index in [0.29, 0.717) is 17.7 Å². The average molecular weight is 517 g/mol. The Kier molecular flexibility index (Phi) is 11.2. The third-order valence-electron chi connectivity index (χ3n) is 5.64. The summed E-state index contributed by atoms with van der Waals surface area (Å²) in [4.78, 5) is 57.5. The van der Waals surface area contributed by atoms with E-state index in [2.05, 4.69) is 25.9 Å². The molecule has 0 saturated heterocycles. The number of hydrogen-bond donors (Lipinski definition) is 7. The molecule has 2 rings (SSSR count). The van der Waals surface area contributed by atoms with Crippen molar-refractivity contribution in [3.8, 4) is 0 Å². The minimum Gasteiger partial charge on any atom is -0.480 e. The summed E-state index contributed by atoms with van der Waals surface area (Å²) in [5, 5.41) is 26.7. The molecule has 0 saturated carbocycles. The van der Waals surface area contributed by atoms with Crippen LogP contribution in [0.4, 0.5) is 0 Å². The van der Waals surface area contributed by atoms with Crippen LogP contribution >= 0.6 is 0 Å². The van der Waals surface area contributed by atoms with Crippen LogP contribution in [0, 0.1) is 5.92 Å². The third kappa shape index (κ3) is 9.66. The van der Waals surface area contributed by atoms with Crippen molar-refractivity contribution in [3.05, 3.63) is 54.1 Å². The molecule has 12 heteroatoms. The molecule has 1 heterocycles. The summed E-state index contributed by atoms with van der Waals surface area (Å²) in [5.41, 5.74) is 7.28. The largest absolute Gasteiger partial charge is 0.480 e. The van der Waals surface area contributed by atoms with Crippen LogP contribution in [0.25, 0.3) is 0 Å². The molecule has 202 valence electrons. The second-order valence-corrected chi connectivity index (χ2v) is 9.39. The maximum atomic E-state index is 13.4. The first kappa shape index (κ1) is 29.5. The number of rotatable bonds is 14. The highest BCUT2D eigenvalue weighted by atomic mass is 16.4. The zero-order valence-electron chi connectivity index (χ0n) is 21.2. The molecule has 0 bridgehead atoms. The zero-order valence-corrected chi connectivity index (χ0v) is 21.2. The number of aromatic nitrogens is 2. The van der Waals surface area contributed by atoms with Crippen molar-refractivity contribution in [2.24, 2.45) is 11.7 Å². The summed E-state index contributed by atoms with van der Waals surface area (Å²) in [6.07, 6.45) is 2.08. The number of carboxylic acids is 1. The highest BCUT2D eigenvalue weighted by Gasteiger charge is 2.32. The molecule has 1 aromatic carbocycles. The van der Waals surface area contributed by atoms with Crippen molar-refractivity contribution >= 4 is 23.7 Å². The monoisotopic (exact) mass is 516 g/mol. The molecule has 3 amide bonds. The Morgan fingerprint density at radius 2 is 1.54 bits per heavy atom. The first-order valence-electron chi connectivity index (χ1n) is 12.1. The minimum atomic E-state index is -1.57. The van der Waals surface area contributed by atoms with Crippen LogP contribution in [0.3, 0.4) is 0 Å². The number of aromatic amines is 1. The van der Waals surface area contributed by atoms with Crippen molar-refractivity contribution in [3.63, 3.8) is 0 Å². The van der Waals surface area contributed by atoms with Gasteiger partial charge in [-0.15, -0.1) is 0 Å². The van der Waals surface area contributed by atoms with Gasteiger partial charge in [0.05, 0.1) is 18.5 Å². The van der Waals surface area contributed by atoms with E-state index >= 15 is 0 Å². The van der Waals surface area contributed by atoms with Crippen LogP contribution in [0.2, 0.25) is 0 Å². The molecule has 12 nitrogen and oxygen atoms in total. The molecule has 0 radical (unpaired) electrons. The molecule has 0 fully saturated rings. The first-order valence-corrected chi connectivity index (χ1v) is 12.1. The standard InChI is InChI=1S/C25H36N6O6/c1-14(2)9-18(26)22(33)29-20(11-17-12-27-13-28-17)23(34)30-19(10-16-7-5-4-6-8-16)24(35)31-21(15(3)32)25(36)37/h4-8,12-15,18-21,32H,9-11,26H2,1-3H3,(H,27,28)(H,29,33)(H,30,34)(H,31,35)(H,36,37).